The zero-order valence-corrected chi connectivity index (χ0v) is 16.7. The molecule has 0 saturated heterocycles. The maximum atomic E-state index is 11.9. The Bertz CT molecular complexity index is 1110. The highest BCUT2D eigenvalue weighted by atomic mass is 16.5. The average Bonchev–Trinajstić information content (AvgIpc) is 3.13. The van der Waals surface area contributed by atoms with E-state index in [9.17, 15) is 4.79 Å². The maximum Gasteiger partial charge on any atom is 0.309 e. The quantitative estimate of drug-likeness (QED) is 0.401. The van der Waals surface area contributed by atoms with E-state index in [0.717, 1.165) is 28.1 Å². The van der Waals surface area contributed by atoms with Gasteiger partial charge in [-0.3, -0.25) is 4.79 Å². The van der Waals surface area contributed by atoms with Crippen molar-refractivity contribution in [3.63, 3.8) is 0 Å². The summed E-state index contributed by atoms with van der Waals surface area (Å²) in [4.78, 5) is 11.9. The number of para-hydroxylation sites is 1. The molecule has 0 fully saturated rings. The zero-order valence-electron chi connectivity index (χ0n) is 16.7. The highest BCUT2D eigenvalue weighted by Crippen LogP contribution is 2.39. The number of benzene rings is 3. The standard InChI is InChI=1S/C25H22N2O3/c1-19(28)30-25-23(20-11-5-2-6-12-20)24(21-13-7-3-8-14-21)26-27(25)17-18-29-22-15-9-4-10-16-22/h2-16H,17-18H2,1H3. The summed E-state index contributed by atoms with van der Waals surface area (Å²) in [6, 6.07) is 29.3. The molecule has 4 aromatic rings. The van der Waals surface area contributed by atoms with Gasteiger partial charge in [-0.25, -0.2) is 4.68 Å². The Kier molecular flexibility index (Phi) is 5.90. The van der Waals surface area contributed by atoms with Crippen LogP contribution in [0, 0.1) is 0 Å². The molecule has 0 aliphatic carbocycles. The van der Waals surface area contributed by atoms with Gasteiger partial charge in [0.1, 0.15) is 18.1 Å². The van der Waals surface area contributed by atoms with Crippen LogP contribution in [0.15, 0.2) is 91.0 Å². The normalized spacial score (nSPS) is 10.6. The van der Waals surface area contributed by atoms with Gasteiger partial charge >= 0.3 is 5.97 Å². The number of hydrogen-bond donors (Lipinski definition) is 0. The molecule has 150 valence electrons. The number of ether oxygens (including phenoxy) is 2. The molecular weight excluding hydrogens is 376 g/mol. The number of carbonyl (C=O) groups is 1. The molecule has 3 aromatic carbocycles. The summed E-state index contributed by atoms with van der Waals surface area (Å²) in [5.74, 6) is 0.811. The van der Waals surface area contributed by atoms with Gasteiger partial charge in [-0.2, -0.15) is 5.10 Å². The van der Waals surface area contributed by atoms with Crippen molar-refractivity contribution >= 4 is 5.97 Å². The van der Waals surface area contributed by atoms with E-state index in [0.29, 0.717) is 19.0 Å². The number of esters is 1. The Morgan fingerprint density at radius 2 is 1.40 bits per heavy atom. The third kappa shape index (κ3) is 4.41. The van der Waals surface area contributed by atoms with Crippen LogP contribution in [0.2, 0.25) is 0 Å². The van der Waals surface area contributed by atoms with Crippen LogP contribution in [-0.2, 0) is 11.3 Å². The molecule has 0 N–H and O–H groups in total. The van der Waals surface area contributed by atoms with Gasteiger partial charge in [-0.15, -0.1) is 0 Å². The summed E-state index contributed by atoms with van der Waals surface area (Å²) in [5.41, 5.74) is 3.43. The summed E-state index contributed by atoms with van der Waals surface area (Å²) in [5, 5.41) is 4.80. The molecular formula is C25H22N2O3. The van der Waals surface area contributed by atoms with Gasteiger partial charge in [0.15, 0.2) is 0 Å². The van der Waals surface area contributed by atoms with Gasteiger partial charge in [0, 0.05) is 12.5 Å². The van der Waals surface area contributed by atoms with Gasteiger partial charge in [-0.05, 0) is 17.7 Å². The molecule has 0 radical (unpaired) electrons. The molecule has 1 heterocycles. The minimum Gasteiger partial charge on any atom is -0.492 e. The third-order valence-corrected chi connectivity index (χ3v) is 4.57. The maximum absolute atomic E-state index is 11.9. The van der Waals surface area contributed by atoms with E-state index in [2.05, 4.69) is 0 Å². The SMILES string of the molecule is CC(=O)Oc1c(-c2ccccc2)c(-c2ccccc2)nn1CCOc1ccccc1. The number of nitrogens with zero attached hydrogens (tertiary/aromatic N) is 2. The molecule has 0 amide bonds. The van der Waals surface area contributed by atoms with Crippen molar-refractivity contribution in [2.45, 2.75) is 13.5 Å². The van der Waals surface area contributed by atoms with Crippen LogP contribution in [0.1, 0.15) is 6.92 Å². The highest BCUT2D eigenvalue weighted by Gasteiger charge is 2.23. The fourth-order valence-electron chi connectivity index (χ4n) is 3.27. The van der Waals surface area contributed by atoms with Crippen molar-refractivity contribution in [2.24, 2.45) is 0 Å². The van der Waals surface area contributed by atoms with Gasteiger partial charge < -0.3 is 9.47 Å². The van der Waals surface area contributed by atoms with Crippen LogP contribution in [0.3, 0.4) is 0 Å². The lowest BCUT2D eigenvalue weighted by molar-refractivity contribution is -0.132. The van der Waals surface area contributed by atoms with Gasteiger partial charge in [-0.1, -0.05) is 78.9 Å². The first-order valence-electron chi connectivity index (χ1n) is 9.80. The van der Waals surface area contributed by atoms with Crippen LogP contribution in [0.5, 0.6) is 11.6 Å². The molecule has 5 nitrogen and oxygen atoms in total. The topological polar surface area (TPSA) is 53.3 Å². The summed E-state index contributed by atoms with van der Waals surface area (Å²) >= 11 is 0. The van der Waals surface area contributed by atoms with E-state index in [-0.39, 0.29) is 0 Å². The van der Waals surface area contributed by atoms with Crippen molar-refractivity contribution in [3.05, 3.63) is 91.0 Å². The molecule has 0 unspecified atom stereocenters. The van der Waals surface area contributed by atoms with E-state index in [1.54, 1.807) is 4.68 Å². The lowest BCUT2D eigenvalue weighted by Gasteiger charge is -2.10. The summed E-state index contributed by atoms with van der Waals surface area (Å²) in [7, 11) is 0. The molecule has 0 atom stereocenters. The fourth-order valence-corrected chi connectivity index (χ4v) is 3.27. The number of rotatable bonds is 7. The Morgan fingerprint density at radius 1 is 0.833 bits per heavy atom. The van der Waals surface area contributed by atoms with Gasteiger partial charge in [0.25, 0.3) is 0 Å². The first-order chi connectivity index (χ1) is 14.7. The van der Waals surface area contributed by atoms with Gasteiger partial charge in [0.05, 0.1) is 12.1 Å². The van der Waals surface area contributed by atoms with Crippen molar-refractivity contribution < 1.29 is 14.3 Å². The average molecular weight is 398 g/mol. The second-order valence-corrected chi connectivity index (χ2v) is 6.74. The first-order valence-corrected chi connectivity index (χ1v) is 9.80. The fraction of sp³-hybridized carbons (Fsp3) is 0.120. The zero-order chi connectivity index (χ0) is 20.8. The molecule has 5 heteroatoms. The number of carbonyl (C=O) groups excluding carboxylic acids is 1. The van der Waals surface area contributed by atoms with Crippen LogP contribution < -0.4 is 9.47 Å². The largest absolute Gasteiger partial charge is 0.492 e. The molecule has 0 spiro atoms. The first kappa shape index (κ1) is 19.5. The minimum absolute atomic E-state index is 0.391. The molecule has 0 aliphatic rings. The van der Waals surface area contributed by atoms with Crippen LogP contribution in [-0.4, -0.2) is 22.4 Å². The molecule has 1 aromatic heterocycles. The molecule has 0 aliphatic heterocycles. The predicted octanol–water partition coefficient (Wildman–Crippen LogP) is 5.22. The van der Waals surface area contributed by atoms with Crippen LogP contribution in [0.4, 0.5) is 0 Å². The minimum atomic E-state index is -0.392. The molecule has 0 bridgehead atoms. The Hall–Kier alpha value is -3.86. The van der Waals surface area contributed by atoms with Crippen molar-refractivity contribution in [1.29, 1.82) is 0 Å². The van der Waals surface area contributed by atoms with Crippen LogP contribution in [0.25, 0.3) is 22.4 Å². The summed E-state index contributed by atoms with van der Waals surface area (Å²) in [6.45, 7) is 2.22. The summed E-state index contributed by atoms with van der Waals surface area (Å²) in [6.07, 6.45) is 0. The highest BCUT2D eigenvalue weighted by molar-refractivity contribution is 5.86. The Labute approximate surface area is 175 Å². The van der Waals surface area contributed by atoms with Crippen LogP contribution >= 0.6 is 0 Å². The predicted molar refractivity (Wildman–Crippen MR) is 116 cm³/mol. The Morgan fingerprint density at radius 3 is 2.00 bits per heavy atom. The van der Waals surface area contributed by atoms with Crippen molar-refractivity contribution in [3.8, 4) is 34.0 Å². The number of hydrogen-bond acceptors (Lipinski definition) is 4. The van der Waals surface area contributed by atoms with E-state index in [1.807, 2.05) is 91.0 Å². The number of aromatic nitrogens is 2. The van der Waals surface area contributed by atoms with E-state index < -0.39 is 5.97 Å². The molecule has 30 heavy (non-hydrogen) atoms. The molecule has 0 saturated carbocycles. The second-order valence-electron chi connectivity index (χ2n) is 6.74. The lowest BCUT2D eigenvalue weighted by atomic mass is 10.0. The van der Waals surface area contributed by atoms with Crippen molar-refractivity contribution in [2.75, 3.05) is 6.61 Å². The third-order valence-electron chi connectivity index (χ3n) is 4.57. The second kappa shape index (κ2) is 9.09. The van der Waals surface area contributed by atoms with Gasteiger partial charge in [0.2, 0.25) is 5.88 Å². The van der Waals surface area contributed by atoms with E-state index in [4.69, 9.17) is 14.6 Å². The lowest BCUT2D eigenvalue weighted by Crippen LogP contribution is -2.13. The molecule has 4 rings (SSSR count). The Balaban J connectivity index is 1.75. The monoisotopic (exact) mass is 398 g/mol. The smallest absolute Gasteiger partial charge is 0.309 e. The van der Waals surface area contributed by atoms with E-state index in [1.165, 1.54) is 6.92 Å². The van der Waals surface area contributed by atoms with Crippen molar-refractivity contribution in [1.82, 2.24) is 9.78 Å². The summed E-state index contributed by atoms with van der Waals surface area (Å²) < 4.78 is 13.2. The van der Waals surface area contributed by atoms with E-state index >= 15 is 0 Å².